The number of carbonyl (C=O) groups excluding carboxylic acids is 1. The fourth-order valence-corrected chi connectivity index (χ4v) is 3.75. The van der Waals surface area contributed by atoms with Crippen LogP contribution in [0.3, 0.4) is 0 Å². The number of aryl methyl sites for hydroxylation is 2. The highest BCUT2D eigenvalue weighted by molar-refractivity contribution is 9.09. The van der Waals surface area contributed by atoms with Gasteiger partial charge in [-0.2, -0.15) is 5.10 Å². The third-order valence-corrected chi connectivity index (χ3v) is 4.86. The molecule has 1 aromatic heterocycles. The molecule has 0 saturated heterocycles. The van der Waals surface area contributed by atoms with Crippen LogP contribution in [0.2, 0.25) is 0 Å². The van der Waals surface area contributed by atoms with Crippen molar-refractivity contribution in [2.45, 2.75) is 32.6 Å². The van der Waals surface area contributed by atoms with E-state index in [4.69, 9.17) is 0 Å². The highest BCUT2D eigenvalue weighted by Crippen LogP contribution is 2.30. The van der Waals surface area contributed by atoms with E-state index >= 15 is 0 Å². The lowest BCUT2D eigenvalue weighted by Gasteiger charge is -2.30. The van der Waals surface area contributed by atoms with Gasteiger partial charge in [-0.1, -0.05) is 28.8 Å². The van der Waals surface area contributed by atoms with E-state index in [1.54, 1.807) is 4.68 Å². The van der Waals surface area contributed by atoms with Crippen molar-refractivity contribution in [3.8, 4) is 0 Å². The predicted molar refractivity (Wildman–Crippen MR) is 79.5 cm³/mol. The second kappa shape index (κ2) is 6.55. The third kappa shape index (κ3) is 3.59. The molecule has 1 saturated carbocycles. The Morgan fingerprint density at radius 1 is 1.47 bits per heavy atom. The number of nitrogens with one attached hydrogen (secondary N) is 1. The van der Waals surface area contributed by atoms with Crippen LogP contribution in [0, 0.1) is 18.8 Å². The summed E-state index contributed by atoms with van der Waals surface area (Å²) in [6.45, 7) is 2.68. The van der Waals surface area contributed by atoms with Crippen LogP contribution in [0.15, 0.2) is 6.07 Å². The molecule has 1 N–H and O–H groups in total. The van der Waals surface area contributed by atoms with E-state index in [-0.39, 0.29) is 5.91 Å². The Morgan fingerprint density at radius 2 is 2.16 bits per heavy atom. The molecule has 0 spiro atoms. The molecule has 0 bridgehead atoms. The van der Waals surface area contributed by atoms with E-state index in [1.807, 2.05) is 20.0 Å². The van der Waals surface area contributed by atoms with Gasteiger partial charge in [0.1, 0.15) is 5.69 Å². The van der Waals surface area contributed by atoms with Crippen LogP contribution in [0.1, 0.15) is 41.9 Å². The number of nitrogens with zero attached hydrogens (tertiary/aromatic N) is 2. The fourth-order valence-electron chi connectivity index (χ4n) is 2.89. The van der Waals surface area contributed by atoms with Crippen LogP contribution in [-0.2, 0) is 7.05 Å². The van der Waals surface area contributed by atoms with Gasteiger partial charge in [0.05, 0.1) is 5.69 Å². The predicted octanol–water partition coefficient (Wildman–Crippen LogP) is 2.66. The van der Waals surface area contributed by atoms with Crippen LogP contribution in [0.5, 0.6) is 0 Å². The van der Waals surface area contributed by atoms with Crippen LogP contribution in [0.4, 0.5) is 0 Å². The van der Waals surface area contributed by atoms with Crippen molar-refractivity contribution < 1.29 is 4.79 Å². The summed E-state index contributed by atoms with van der Waals surface area (Å²) in [5, 5.41) is 8.31. The van der Waals surface area contributed by atoms with Crippen molar-refractivity contribution in [1.82, 2.24) is 15.1 Å². The van der Waals surface area contributed by atoms with Gasteiger partial charge in [-0.25, -0.2) is 0 Å². The average Bonchev–Trinajstić information content (AvgIpc) is 2.75. The van der Waals surface area contributed by atoms with E-state index < -0.39 is 0 Å². The zero-order chi connectivity index (χ0) is 13.8. The first kappa shape index (κ1) is 14.6. The first-order chi connectivity index (χ1) is 9.11. The molecule has 0 radical (unpaired) electrons. The number of carbonyl (C=O) groups is 1. The smallest absolute Gasteiger partial charge is 0.269 e. The Balaban J connectivity index is 1.91. The van der Waals surface area contributed by atoms with Crippen molar-refractivity contribution in [1.29, 1.82) is 0 Å². The summed E-state index contributed by atoms with van der Waals surface area (Å²) in [6, 6.07) is 1.83. The molecule has 0 aromatic carbocycles. The SMILES string of the molecule is Cc1cc(C(=O)NCC2CCCCC2CBr)n(C)n1. The molecular formula is C14H22BrN3O. The molecule has 1 amide bonds. The van der Waals surface area contributed by atoms with Crippen LogP contribution < -0.4 is 5.32 Å². The summed E-state index contributed by atoms with van der Waals surface area (Å²) < 4.78 is 1.65. The van der Waals surface area contributed by atoms with Gasteiger partial charge >= 0.3 is 0 Å². The summed E-state index contributed by atoms with van der Waals surface area (Å²) in [5.41, 5.74) is 1.52. The number of rotatable bonds is 4. The van der Waals surface area contributed by atoms with Crippen molar-refractivity contribution in [3.63, 3.8) is 0 Å². The minimum absolute atomic E-state index is 0.0120. The number of halogens is 1. The number of aromatic nitrogens is 2. The van der Waals surface area contributed by atoms with Gasteiger partial charge in [0.25, 0.3) is 5.91 Å². The Hall–Kier alpha value is -0.840. The Morgan fingerprint density at radius 3 is 2.74 bits per heavy atom. The standard InChI is InChI=1S/C14H22BrN3O/c1-10-7-13(18(2)17-10)14(19)16-9-12-6-4-3-5-11(12)8-15/h7,11-12H,3-6,8-9H2,1-2H3,(H,16,19). The Bertz CT molecular complexity index is 444. The Kier molecular flexibility index (Phi) is 5.02. The van der Waals surface area contributed by atoms with Crippen molar-refractivity contribution in [2.75, 3.05) is 11.9 Å². The fraction of sp³-hybridized carbons (Fsp3) is 0.714. The van der Waals surface area contributed by atoms with E-state index in [1.165, 1.54) is 25.7 Å². The van der Waals surface area contributed by atoms with Gasteiger partial charge in [-0.3, -0.25) is 9.48 Å². The lowest BCUT2D eigenvalue weighted by atomic mass is 9.80. The minimum Gasteiger partial charge on any atom is -0.350 e. The number of alkyl halides is 1. The monoisotopic (exact) mass is 327 g/mol. The van der Waals surface area contributed by atoms with E-state index in [0.29, 0.717) is 17.5 Å². The minimum atomic E-state index is -0.0120. The molecule has 2 rings (SSSR count). The quantitative estimate of drug-likeness (QED) is 0.864. The van der Waals surface area contributed by atoms with Crippen molar-refractivity contribution in [3.05, 3.63) is 17.5 Å². The Labute approximate surface area is 123 Å². The highest BCUT2D eigenvalue weighted by atomic mass is 79.9. The normalized spacial score (nSPS) is 23.3. The molecule has 4 nitrogen and oxygen atoms in total. The van der Waals surface area contributed by atoms with E-state index in [0.717, 1.165) is 17.6 Å². The first-order valence-electron chi connectivity index (χ1n) is 6.96. The van der Waals surface area contributed by atoms with E-state index in [9.17, 15) is 4.79 Å². The van der Waals surface area contributed by atoms with Crippen LogP contribution in [0.25, 0.3) is 0 Å². The molecule has 1 aromatic rings. The molecule has 19 heavy (non-hydrogen) atoms. The molecule has 5 heteroatoms. The first-order valence-corrected chi connectivity index (χ1v) is 8.08. The van der Waals surface area contributed by atoms with Gasteiger partial charge in [-0.05, 0) is 37.7 Å². The summed E-state index contributed by atoms with van der Waals surface area (Å²) in [6.07, 6.45) is 5.11. The van der Waals surface area contributed by atoms with Crippen LogP contribution in [-0.4, -0.2) is 27.6 Å². The van der Waals surface area contributed by atoms with Crippen LogP contribution >= 0.6 is 15.9 Å². The topological polar surface area (TPSA) is 46.9 Å². The van der Waals surface area contributed by atoms with Gasteiger partial charge in [0, 0.05) is 18.9 Å². The summed E-state index contributed by atoms with van der Waals surface area (Å²) in [5.74, 6) is 1.29. The lowest BCUT2D eigenvalue weighted by Crippen LogP contribution is -2.35. The molecule has 1 aliphatic rings. The van der Waals surface area contributed by atoms with E-state index in [2.05, 4.69) is 26.3 Å². The molecule has 106 valence electrons. The molecular weight excluding hydrogens is 306 g/mol. The molecule has 1 fully saturated rings. The highest BCUT2D eigenvalue weighted by Gasteiger charge is 2.25. The second-order valence-electron chi connectivity index (χ2n) is 5.46. The largest absolute Gasteiger partial charge is 0.350 e. The number of amides is 1. The number of hydrogen-bond donors (Lipinski definition) is 1. The van der Waals surface area contributed by atoms with Gasteiger partial charge in [0.15, 0.2) is 0 Å². The maximum Gasteiger partial charge on any atom is 0.269 e. The number of hydrogen-bond acceptors (Lipinski definition) is 2. The maximum absolute atomic E-state index is 12.1. The third-order valence-electron chi connectivity index (χ3n) is 4.02. The molecule has 1 heterocycles. The lowest BCUT2D eigenvalue weighted by molar-refractivity contribution is 0.0927. The second-order valence-corrected chi connectivity index (χ2v) is 6.11. The van der Waals surface area contributed by atoms with Gasteiger partial charge < -0.3 is 5.32 Å². The maximum atomic E-state index is 12.1. The molecule has 2 atom stereocenters. The molecule has 0 aliphatic heterocycles. The zero-order valence-electron chi connectivity index (χ0n) is 11.7. The molecule has 2 unspecified atom stereocenters. The van der Waals surface area contributed by atoms with Gasteiger partial charge in [-0.15, -0.1) is 0 Å². The van der Waals surface area contributed by atoms with Gasteiger partial charge in [0.2, 0.25) is 0 Å². The summed E-state index contributed by atoms with van der Waals surface area (Å²) in [4.78, 5) is 12.1. The summed E-state index contributed by atoms with van der Waals surface area (Å²) >= 11 is 3.59. The van der Waals surface area contributed by atoms with Crippen molar-refractivity contribution >= 4 is 21.8 Å². The van der Waals surface area contributed by atoms with Crippen molar-refractivity contribution in [2.24, 2.45) is 18.9 Å². The molecule has 1 aliphatic carbocycles. The average molecular weight is 328 g/mol. The zero-order valence-corrected chi connectivity index (χ0v) is 13.2. The summed E-state index contributed by atoms with van der Waals surface area (Å²) in [7, 11) is 1.81.